The highest BCUT2D eigenvalue weighted by molar-refractivity contribution is 5.89. The predicted octanol–water partition coefficient (Wildman–Crippen LogP) is 3.98. The lowest BCUT2D eigenvalue weighted by atomic mass is 10.0. The SMILES string of the molecule is C=CCC(NOC(=O)c1ccc(OC)cc1)c1ccc(C)cc1. The van der Waals surface area contributed by atoms with Gasteiger partial charge in [-0.25, -0.2) is 4.79 Å². The van der Waals surface area contributed by atoms with Crippen molar-refractivity contribution in [1.82, 2.24) is 5.48 Å². The lowest BCUT2D eigenvalue weighted by molar-refractivity contribution is 0.0154. The van der Waals surface area contributed by atoms with E-state index in [1.807, 2.05) is 31.2 Å². The Kier molecular flexibility index (Phi) is 5.94. The fourth-order valence-electron chi connectivity index (χ4n) is 2.13. The van der Waals surface area contributed by atoms with E-state index in [1.165, 1.54) is 5.56 Å². The molecule has 0 saturated carbocycles. The van der Waals surface area contributed by atoms with Crippen LogP contribution in [0.4, 0.5) is 0 Å². The number of aryl methyl sites for hydroxylation is 1. The highest BCUT2D eigenvalue weighted by Gasteiger charge is 2.14. The molecule has 4 nitrogen and oxygen atoms in total. The Morgan fingerprint density at radius 2 is 1.83 bits per heavy atom. The van der Waals surface area contributed by atoms with E-state index in [0.29, 0.717) is 17.7 Å². The van der Waals surface area contributed by atoms with Crippen molar-refractivity contribution in [2.45, 2.75) is 19.4 Å². The van der Waals surface area contributed by atoms with Gasteiger partial charge < -0.3 is 9.57 Å². The summed E-state index contributed by atoms with van der Waals surface area (Å²) in [6.07, 6.45) is 2.44. The topological polar surface area (TPSA) is 47.6 Å². The van der Waals surface area contributed by atoms with Crippen molar-refractivity contribution in [3.8, 4) is 5.75 Å². The molecule has 0 amide bonds. The summed E-state index contributed by atoms with van der Waals surface area (Å²) < 4.78 is 5.07. The summed E-state index contributed by atoms with van der Waals surface area (Å²) in [5.74, 6) is 0.257. The van der Waals surface area contributed by atoms with Gasteiger partial charge in [-0.2, -0.15) is 0 Å². The second-order valence-corrected chi connectivity index (χ2v) is 5.22. The first-order valence-corrected chi connectivity index (χ1v) is 7.42. The number of rotatable bonds is 7. The van der Waals surface area contributed by atoms with Crippen LogP contribution in [0.2, 0.25) is 0 Å². The molecule has 0 aliphatic rings. The Balaban J connectivity index is 2.01. The van der Waals surface area contributed by atoms with Crippen molar-refractivity contribution in [2.75, 3.05) is 7.11 Å². The number of hydrogen-bond donors (Lipinski definition) is 1. The van der Waals surface area contributed by atoms with Gasteiger partial charge in [0, 0.05) is 0 Å². The van der Waals surface area contributed by atoms with Gasteiger partial charge >= 0.3 is 5.97 Å². The minimum absolute atomic E-state index is 0.129. The van der Waals surface area contributed by atoms with Crippen molar-refractivity contribution in [3.63, 3.8) is 0 Å². The average molecular weight is 311 g/mol. The molecule has 1 N–H and O–H groups in total. The second kappa shape index (κ2) is 8.15. The van der Waals surface area contributed by atoms with E-state index in [-0.39, 0.29) is 6.04 Å². The third kappa shape index (κ3) is 4.69. The normalized spacial score (nSPS) is 11.6. The number of carbonyl (C=O) groups excluding carboxylic acids is 1. The molecule has 4 heteroatoms. The van der Waals surface area contributed by atoms with Gasteiger partial charge in [-0.3, -0.25) is 0 Å². The number of methoxy groups -OCH3 is 1. The van der Waals surface area contributed by atoms with E-state index in [0.717, 1.165) is 5.56 Å². The molecule has 0 saturated heterocycles. The first kappa shape index (κ1) is 16.8. The molecular weight excluding hydrogens is 290 g/mol. The number of hydroxylamine groups is 1. The standard InChI is InChI=1S/C19H21NO3/c1-4-5-18(15-8-6-14(2)7-9-15)20-23-19(21)16-10-12-17(22-3)13-11-16/h4,6-13,18,20H,1,5H2,2-3H3. The fraction of sp³-hybridized carbons (Fsp3) is 0.211. The van der Waals surface area contributed by atoms with E-state index in [2.05, 4.69) is 12.1 Å². The Morgan fingerprint density at radius 1 is 1.17 bits per heavy atom. The molecule has 1 atom stereocenters. The third-order valence-corrected chi connectivity index (χ3v) is 3.50. The van der Waals surface area contributed by atoms with Crippen LogP contribution in [0, 0.1) is 6.92 Å². The maximum Gasteiger partial charge on any atom is 0.356 e. The molecular formula is C19H21NO3. The molecule has 0 spiro atoms. The number of ether oxygens (including phenoxy) is 1. The van der Waals surface area contributed by atoms with Gasteiger partial charge in [0.15, 0.2) is 0 Å². The maximum atomic E-state index is 12.1. The first-order chi connectivity index (χ1) is 11.1. The molecule has 0 aliphatic carbocycles. The quantitative estimate of drug-likeness (QED) is 0.620. The van der Waals surface area contributed by atoms with Crippen molar-refractivity contribution in [2.24, 2.45) is 0 Å². The van der Waals surface area contributed by atoms with Gasteiger partial charge in [0.25, 0.3) is 0 Å². The average Bonchev–Trinajstić information content (AvgIpc) is 2.59. The summed E-state index contributed by atoms with van der Waals surface area (Å²) in [6, 6.07) is 14.7. The molecule has 0 fully saturated rings. The third-order valence-electron chi connectivity index (χ3n) is 3.50. The van der Waals surface area contributed by atoms with Crippen molar-refractivity contribution in [3.05, 3.63) is 77.9 Å². The molecule has 2 aromatic rings. The van der Waals surface area contributed by atoms with Gasteiger partial charge in [-0.1, -0.05) is 35.9 Å². The Bertz CT molecular complexity index is 647. The molecule has 0 bridgehead atoms. The lowest BCUT2D eigenvalue weighted by Crippen LogP contribution is -2.25. The van der Waals surface area contributed by atoms with Gasteiger partial charge in [-0.05, 0) is 43.2 Å². The lowest BCUT2D eigenvalue weighted by Gasteiger charge is -2.17. The van der Waals surface area contributed by atoms with Crippen LogP contribution in [-0.4, -0.2) is 13.1 Å². The van der Waals surface area contributed by atoms with Crippen LogP contribution in [0.1, 0.15) is 33.9 Å². The van der Waals surface area contributed by atoms with Crippen LogP contribution in [0.5, 0.6) is 5.75 Å². The molecule has 2 rings (SSSR count). The maximum absolute atomic E-state index is 12.1. The van der Waals surface area contributed by atoms with Crippen LogP contribution in [0.15, 0.2) is 61.2 Å². The highest BCUT2D eigenvalue weighted by Crippen LogP contribution is 2.18. The van der Waals surface area contributed by atoms with Gasteiger partial charge in [0.1, 0.15) is 5.75 Å². The number of benzene rings is 2. The van der Waals surface area contributed by atoms with Gasteiger partial charge in [0.2, 0.25) is 0 Å². The molecule has 0 aliphatic heterocycles. The van der Waals surface area contributed by atoms with Crippen LogP contribution in [0.3, 0.4) is 0 Å². The van der Waals surface area contributed by atoms with E-state index in [1.54, 1.807) is 37.5 Å². The Labute approximate surface area is 136 Å². The molecule has 0 radical (unpaired) electrons. The molecule has 120 valence electrons. The van der Waals surface area contributed by atoms with E-state index < -0.39 is 5.97 Å². The minimum Gasteiger partial charge on any atom is -0.497 e. The molecule has 23 heavy (non-hydrogen) atoms. The largest absolute Gasteiger partial charge is 0.497 e. The summed E-state index contributed by atoms with van der Waals surface area (Å²) >= 11 is 0. The Morgan fingerprint density at radius 3 is 2.39 bits per heavy atom. The fourth-order valence-corrected chi connectivity index (χ4v) is 2.13. The summed E-state index contributed by atoms with van der Waals surface area (Å²) in [5, 5.41) is 0. The van der Waals surface area contributed by atoms with Gasteiger partial charge in [-0.15, -0.1) is 12.1 Å². The zero-order valence-corrected chi connectivity index (χ0v) is 13.4. The number of carbonyl (C=O) groups is 1. The Hall–Kier alpha value is -2.59. The molecule has 0 heterocycles. The van der Waals surface area contributed by atoms with Gasteiger partial charge in [0.05, 0.1) is 18.7 Å². The van der Waals surface area contributed by atoms with Crippen molar-refractivity contribution >= 4 is 5.97 Å². The number of nitrogens with one attached hydrogen (secondary N) is 1. The van der Waals surface area contributed by atoms with Crippen LogP contribution >= 0.6 is 0 Å². The zero-order valence-electron chi connectivity index (χ0n) is 13.4. The van der Waals surface area contributed by atoms with E-state index in [9.17, 15) is 4.79 Å². The zero-order chi connectivity index (χ0) is 16.7. The minimum atomic E-state index is -0.436. The first-order valence-electron chi connectivity index (χ1n) is 7.42. The smallest absolute Gasteiger partial charge is 0.356 e. The molecule has 1 unspecified atom stereocenters. The van der Waals surface area contributed by atoms with E-state index >= 15 is 0 Å². The highest BCUT2D eigenvalue weighted by atomic mass is 16.7. The van der Waals surface area contributed by atoms with Crippen LogP contribution in [-0.2, 0) is 4.84 Å². The van der Waals surface area contributed by atoms with Crippen molar-refractivity contribution in [1.29, 1.82) is 0 Å². The molecule has 2 aromatic carbocycles. The predicted molar refractivity (Wildman–Crippen MR) is 90.3 cm³/mol. The summed E-state index contributed by atoms with van der Waals surface area (Å²) in [7, 11) is 1.58. The van der Waals surface area contributed by atoms with Crippen LogP contribution in [0.25, 0.3) is 0 Å². The van der Waals surface area contributed by atoms with Crippen molar-refractivity contribution < 1.29 is 14.4 Å². The summed E-state index contributed by atoms with van der Waals surface area (Å²) in [4.78, 5) is 17.3. The monoisotopic (exact) mass is 311 g/mol. The van der Waals surface area contributed by atoms with Crippen LogP contribution < -0.4 is 10.2 Å². The number of hydrogen-bond acceptors (Lipinski definition) is 4. The second-order valence-electron chi connectivity index (χ2n) is 5.22. The molecule has 0 aromatic heterocycles. The summed E-state index contributed by atoms with van der Waals surface area (Å²) in [6.45, 7) is 5.78. The van der Waals surface area contributed by atoms with E-state index in [4.69, 9.17) is 9.57 Å². The summed E-state index contributed by atoms with van der Waals surface area (Å²) in [5.41, 5.74) is 5.51.